The number of carbonyl (C=O) groups is 1. The van der Waals surface area contributed by atoms with Crippen molar-refractivity contribution in [2.24, 2.45) is 5.92 Å². The molecule has 1 rings (SSSR count). The third-order valence-electron chi connectivity index (χ3n) is 3.78. The average Bonchev–Trinajstić information content (AvgIpc) is 2.51. The van der Waals surface area contributed by atoms with Gasteiger partial charge < -0.3 is 9.47 Å². The van der Waals surface area contributed by atoms with Crippen LogP contribution >= 0.6 is 0 Å². The molecule has 0 aliphatic carbocycles. The highest BCUT2D eigenvalue weighted by atomic mass is 16.5. The molecule has 0 amide bonds. The van der Waals surface area contributed by atoms with Crippen LogP contribution in [0.2, 0.25) is 0 Å². The Hall–Kier alpha value is -1.55. The highest BCUT2D eigenvalue weighted by molar-refractivity contribution is 5.76. The fourth-order valence-corrected chi connectivity index (χ4v) is 2.31. The molecule has 118 valence electrons. The highest BCUT2D eigenvalue weighted by Gasteiger charge is 2.27. The lowest BCUT2D eigenvalue weighted by Crippen LogP contribution is -2.43. The molecule has 0 aliphatic rings. The van der Waals surface area contributed by atoms with Gasteiger partial charge in [-0.15, -0.1) is 0 Å². The second-order valence-corrected chi connectivity index (χ2v) is 5.25. The first-order chi connectivity index (χ1) is 10.0. The van der Waals surface area contributed by atoms with Crippen LogP contribution in [0.4, 0.5) is 0 Å². The van der Waals surface area contributed by atoms with Crippen LogP contribution in [0.25, 0.3) is 0 Å². The molecule has 0 bridgehead atoms. The Labute approximate surface area is 127 Å². The SMILES string of the molecule is CCOc1ccccc1C(C)NC(C(=O)OC)C(C)CC. The molecular weight excluding hydrogens is 266 g/mol. The zero-order chi connectivity index (χ0) is 15.8. The quantitative estimate of drug-likeness (QED) is 0.747. The van der Waals surface area contributed by atoms with Crippen molar-refractivity contribution < 1.29 is 14.3 Å². The van der Waals surface area contributed by atoms with Crippen LogP contribution in [0.15, 0.2) is 24.3 Å². The number of rotatable bonds is 8. The van der Waals surface area contributed by atoms with Crippen molar-refractivity contribution in [1.82, 2.24) is 5.32 Å². The van der Waals surface area contributed by atoms with E-state index in [1.54, 1.807) is 0 Å². The van der Waals surface area contributed by atoms with Gasteiger partial charge in [0, 0.05) is 11.6 Å². The number of benzene rings is 1. The molecule has 0 aromatic heterocycles. The molecule has 0 fully saturated rings. The molecule has 0 aliphatic heterocycles. The van der Waals surface area contributed by atoms with Gasteiger partial charge in [-0.2, -0.15) is 0 Å². The van der Waals surface area contributed by atoms with E-state index in [9.17, 15) is 4.79 Å². The van der Waals surface area contributed by atoms with Crippen molar-refractivity contribution in [3.8, 4) is 5.75 Å². The first-order valence-corrected chi connectivity index (χ1v) is 7.60. The minimum atomic E-state index is -0.315. The number of methoxy groups -OCH3 is 1. The maximum absolute atomic E-state index is 12.0. The van der Waals surface area contributed by atoms with E-state index in [0.29, 0.717) is 6.61 Å². The third kappa shape index (κ3) is 4.74. The zero-order valence-electron chi connectivity index (χ0n) is 13.7. The van der Waals surface area contributed by atoms with Crippen molar-refractivity contribution in [2.75, 3.05) is 13.7 Å². The number of hydrogen-bond donors (Lipinski definition) is 1. The minimum Gasteiger partial charge on any atom is -0.494 e. The van der Waals surface area contributed by atoms with Gasteiger partial charge in [0.25, 0.3) is 0 Å². The van der Waals surface area contributed by atoms with E-state index in [-0.39, 0.29) is 24.0 Å². The normalized spacial score (nSPS) is 15.1. The van der Waals surface area contributed by atoms with E-state index in [0.717, 1.165) is 17.7 Å². The Morgan fingerprint density at radius 1 is 1.24 bits per heavy atom. The Balaban J connectivity index is 2.91. The molecule has 3 unspecified atom stereocenters. The van der Waals surface area contributed by atoms with Crippen molar-refractivity contribution in [1.29, 1.82) is 0 Å². The monoisotopic (exact) mass is 293 g/mol. The summed E-state index contributed by atoms with van der Waals surface area (Å²) < 4.78 is 10.6. The Bertz CT molecular complexity index is 447. The van der Waals surface area contributed by atoms with E-state index in [1.165, 1.54) is 7.11 Å². The van der Waals surface area contributed by atoms with Gasteiger partial charge in [-0.05, 0) is 25.8 Å². The van der Waals surface area contributed by atoms with E-state index in [1.807, 2.05) is 38.1 Å². The lowest BCUT2D eigenvalue weighted by atomic mass is 9.97. The minimum absolute atomic E-state index is 0.00542. The predicted octanol–water partition coefficient (Wildman–Crippen LogP) is 3.32. The molecule has 0 heterocycles. The smallest absolute Gasteiger partial charge is 0.323 e. The van der Waals surface area contributed by atoms with Crippen LogP contribution in [0.5, 0.6) is 5.75 Å². The molecule has 0 radical (unpaired) electrons. The molecule has 1 N–H and O–H groups in total. The summed E-state index contributed by atoms with van der Waals surface area (Å²) in [4.78, 5) is 12.0. The number of hydrogen-bond acceptors (Lipinski definition) is 4. The van der Waals surface area contributed by atoms with Gasteiger partial charge in [-0.25, -0.2) is 0 Å². The van der Waals surface area contributed by atoms with Crippen molar-refractivity contribution in [3.63, 3.8) is 0 Å². The van der Waals surface area contributed by atoms with Gasteiger partial charge in [0.05, 0.1) is 13.7 Å². The maximum atomic E-state index is 12.0. The van der Waals surface area contributed by atoms with Gasteiger partial charge in [0.1, 0.15) is 11.8 Å². The van der Waals surface area contributed by atoms with Gasteiger partial charge in [0.15, 0.2) is 0 Å². The number of carbonyl (C=O) groups excluding carboxylic acids is 1. The summed E-state index contributed by atoms with van der Waals surface area (Å²) in [6.07, 6.45) is 0.909. The summed E-state index contributed by atoms with van der Waals surface area (Å²) in [5.74, 6) is 0.844. The summed E-state index contributed by atoms with van der Waals surface area (Å²) in [7, 11) is 1.43. The maximum Gasteiger partial charge on any atom is 0.323 e. The molecule has 1 aromatic rings. The van der Waals surface area contributed by atoms with E-state index in [2.05, 4.69) is 19.2 Å². The average molecular weight is 293 g/mol. The molecule has 4 nitrogen and oxygen atoms in total. The van der Waals surface area contributed by atoms with Crippen LogP contribution in [0.3, 0.4) is 0 Å². The summed E-state index contributed by atoms with van der Waals surface area (Å²) >= 11 is 0. The van der Waals surface area contributed by atoms with E-state index in [4.69, 9.17) is 9.47 Å². The van der Waals surface area contributed by atoms with Crippen molar-refractivity contribution in [3.05, 3.63) is 29.8 Å². The van der Waals surface area contributed by atoms with Crippen molar-refractivity contribution in [2.45, 2.75) is 46.2 Å². The van der Waals surface area contributed by atoms with Crippen molar-refractivity contribution >= 4 is 5.97 Å². The zero-order valence-corrected chi connectivity index (χ0v) is 13.7. The van der Waals surface area contributed by atoms with E-state index < -0.39 is 0 Å². The molecule has 3 atom stereocenters. The number of para-hydroxylation sites is 1. The fraction of sp³-hybridized carbons (Fsp3) is 0.588. The lowest BCUT2D eigenvalue weighted by molar-refractivity contribution is -0.144. The number of nitrogens with one attached hydrogen (secondary N) is 1. The summed E-state index contributed by atoms with van der Waals surface area (Å²) in [5.41, 5.74) is 1.05. The van der Waals surface area contributed by atoms with Gasteiger partial charge in [0.2, 0.25) is 0 Å². The molecule has 0 spiro atoms. The number of ether oxygens (including phenoxy) is 2. The molecular formula is C17H27NO3. The fourth-order valence-electron chi connectivity index (χ4n) is 2.31. The van der Waals surface area contributed by atoms with Gasteiger partial charge in [-0.3, -0.25) is 10.1 Å². The third-order valence-corrected chi connectivity index (χ3v) is 3.78. The lowest BCUT2D eigenvalue weighted by Gasteiger charge is -2.26. The summed E-state index contributed by atoms with van der Waals surface area (Å²) in [5, 5.41) is 3.38. The summed E-state index contributed by atoms with van der Waals surface area (Å²) in [6, 6.07) is 7.59. The van der Waals surface area contributed by atoms with Crippen LogP contribution in [-0.4, -0.2) is 25.7 Å². The summed E-state index contributed by atoms with van der Waals surface area (Å²) in [6.45, 7) is 8.74. The van der Waals surface area contributed by atoms with Gasteiger partial charge >= 0.3 is 5.97 Å². The molecule has 4 heteroatoms. The predicted molar refractivity (Wildman–Crippen MR) is 84.4 cm³/mol. The first-order valence-electron chi connectivity index (χ1n) is 7.60. The highest BCUT2D eigenvalue weighted by Crippen LogP contribution is 2.26. The Morgan fingerprint density at radius 3 is 2.48 bits per heavy atom. The Kier molecular flexibility index (Phi) is 7.23. The first kappa shape index (κ1) is 17.5. The Morgan fingerprint density at radius 2 is 1.90 bits per heavy atom. The molecule has 0 saturated heterocycles. The molecule has 0 saturated carbocycles. The topological polar surface area (TPSA) is 47.6 Å². The molecule has 21 heavy (non-hydrogen) atoms. The van der Waals surface area contributed by atoms with Crippen LogP contribution in [0.1, 0.15) is 45.7 Å². The second-order valence-electron chi connectivity index (χ2n) is 5.25. The molecule has 1 aromatic carbocycles. The van der Waals surface area contributed by atoms with Crippen LogP contribution < -0.4 is 10.1 Å². The largest absolute Gasteiger partial charge is 0.494 e. The van der Waals surface area contributed by atoms with Crippen LogP contribution in [0, 0.1) is 5.92 Å². The standard InChI is InChI=1S/C17H27NO3/c1-6-12(3)16(17(19)20-5)18-13(4)14-10-8-9-11-15(14)21-7-2/h8-13,16,18H,6-7H2,1-5H3. The number of esters is 1. The second kappa shape index (κ2) is 8.67. The van der Waals surface area contributed by atoms with E-state index >= 15 is 0 Å². The van der Waals surface area contributed by atoms with Crippen LogP contribution in [-0.2, 0) is 9.53 Å². The van der Waals surface area contributed by atoms with Gasteiger partial charge in [-0.1, -0.05) is 38.5 Å².